The predicted molar refractivity (Wildman–Crippen MR) is 44.6 cm³/mol. The van der Waals surface area contributed by atoms with Gasteiger partial charge in [-0.3, -0.25) is 4.79 Å². The summed E-state index contributed by atoms with van der Waals surface area (Å²) in [7, 11) is 0. The van der Waals surface area contributed by atoms with Crippen LogP contribution in [-0.2, 0) is 17.9 Å². The Morgan fingerprint density at radius 1 is 1.77 bits per heavy atom. The fourth-order valence-corrected chi connectivity index (χ4v) is 0.888. The lowest BCUT2D eigenvalue weighted by Crippen LogP contribution is -2.27. The summed E-state index contributed by atoms with van der Waals surface area (Å²) >= 11 is 0. The SMILES string of the molecule is CCNC(=O)Cn1cc(CO)nn1. The van der Waals surface area contributed by atoms with Gasteiger partial charge in [0, 0.05) is 6.54 Å². The number of aliphatic hydroxyl groups is 1. The zero-order chi connectivity index (χ0) is 9.68. The van der Waals surface area contributed by atoms with Gasteiger partial charge in [0.25, 0.3) is 0 Å². The van der Waals surface area contributed by atoms with Crippen LogP contribution in [0.15, 0.2) is 6.20 Å². The van der Waals surface area contributed by atoms with Gasteiger partial charge in [-0.05, 0) is 6.92 Å². The second-order valence-corrected chi connectivity index (χ2v) is 2.52. The summed E-state index contributed by atoms with van der Waals surface area (Å²) in [6.07, 6.45) is 1.54. The molecule has 0 aliphatic carbocycles. The van der Waals surface area contributed by atoms with Crippen LogP contribution in [0.1, 0.15) is 12.6 Å². The standard InChI is InChI=1S/C7H12N4O2/c1-2-8-7(13)4-11-3-6(5-12)9-10-11/h3,12H,2,4-5H2,1H3,(H,8,13). The largest absolute Gasteiger partial charge is 0.390 e. The highest BCUT2D eigenvalue weighted by molar-refractivity contribution is 5.75. The zero-order valence-electron chi connectivity index (χ0n) is 7.40. The van der Waals surface area contributed by atoms with Gasteiger partial charge in [0.1, 0.15) is 12.2 Å². The molecule has 2 N–H and O–H groups in total. The second-order valence-electron chi connectivity index (χ2n) is 2.52. The van der Waals surface area contributed by atoms with Gasteiger partial charge < -0.3 is 10.4 Å². The maximum absolute atomic E-state index is 11.0. The van der Waals surface area contributed by atoms with Gasteiger partial charge in [0.05, 0.1) is 12.8 Å². The van der Waals surface area contributed by atoms with E-state index in [1.807, 2.05) is 6.92 Å². The lowest BCUT2D eigenvalue weighted by molar-refractivity contribution is -0.121. The third kappa shape index (κ3) is 2.83. The number of nitrogens with zero attached hydrogens (tertiary/aromatic N) is 3. The van der Waals surface area contributed by atoms with Crippen LogP contribution < -0.4 is 5.32 Å². The summed E-state index contributed by atoms with van der Waals surface area (Å²) in [4.78, 5) is 11.0. The third-order valence-corrected chi connectivity index (χ3v) is 1.43. The van der Waals surface area contributed by atoms with Crippen LogP contribution in [0, 0.1) is 0 Å². The number of amides is 1. The van der Waals surface area contributed by atoms with Gasteiger partial charge in [-0.25, -0.2) is 4.68 Å². The van der Waals surface area contributed by atoms with Gasteiger partial charge in [0.2, 0.25) is 5.91 Å². The van der Waals surface area contributed by atoms with Crippen LogP contribution in [0.4, 0.5) is 0 Å². The molecule has 0 aliphatic rings. The molecule has 6 nitrogen and oxygen atoms in total. The molecule has 13 heavy (non-hydrogen) atoms. The Bertz CT molecular complexity index is 284. The molecule has 0 aromatic carbocycles. The Balaban J connectivity index is 2.49. The number of hydrogen-bond acceptors (Lipinski definition) is 4. The monoisotopic (exact) mass is 184 g/mol. The summed E-state index contributed by atoms with van der Waals surface area (Å²) in [5.74, 6) is -0.114. The van der Waals surface area contributed by atoms with Crippen molar-refractivity contribution in [3.05, 3.63) is 11.9 Å². The molecule has 0 atom stereocenters. The Hall–Kier alpha value is -1.43. The molecule has 1 heterocycles. The van der Waals surface area contributed by atoms with E-state index >= 15 is 0 Å². The summed E-state index contributed by atoms with van der Waals surface area (Å²) < 4.78 is 1.39. The maximum atomic E-state index is 11.0. The summed E-state index contributed by atoms with van der Waals surface area (Å²) in [6.45, 7) is 2.43. The molecule has 0 fully saturated rings. The highest BCUT2D eigenvalue weighted by Crippen LogP contribution is 1.91. The van der Waals surface area contributed by atoms with Gasteiger partial charge in [0.15, 0.2) is 0 Å². The van der Waals surface area contributed by atoms with Gasteiger partial charge >= 0.3 is 0 Å². The second kappa shape index (κ2) is 4.56. The van der Waals surface area contributed by atoms with Crippen LogP contribution in [0.25, 0.3) is 0 Å². The molecule has 0 saturated carbocycles. The van der Waals surface area contributed by atoms with E-state index in [1.54, 1.807) is 0 Å². The molecule has 1 aromatic heterocycles. The van der Waals surface area contributed by atoms with E-state index in [-0.39, 0.29) is 19.1 Å². The number of aromatic nitrogens is 3. The molecule has 72 valence electrons. The molecule has 0 bridgehead atoms. The molecule has 0 unspecified atom stereocenters. The van der Waals surface area contributed by atoms with Gasteiger partial charge in [-0.2, -0.15) is 0 Å². The number of likely N-dealkylation sites (N-methyl/N-ethyl adjacent to an activating group) is 1. The van der Waals surface area contributed by atoms with Crippen LogP contribution in [0.2, 0.25) is 0 Å². The Labute approximate surface area is 75.6 Å². The van der Waals surface area contributed by atoms with Crippen molar-refractivity contribution in [2.45, 2.75) is 20.1 Å². The Morgan fingerprint density at radius 2 is 2.54 bits per heavy atom. The molecule has 1 amide bonds. The van der Waals surface area contributed by atoms with Crippen LogP contribution in [-0.4, -0.2) is 32.6 Å². The first-order valence-electron chi connectivity index (χ1n) is 4.02. The molecule has 1 rings (SSSR count). The van der Waals surface area contributed by atoms with Crippen LogP contribution in [0.5, 0.6) is 0 Å². The highest BCUT2D eigenvalue weighted by Gasteiger charge is 2.03. The van der Waals surface area contributed by atoms with E-state index in [2.05, 4.69) is 15.6 Å². The van der Waals surface area contributed by atoms with Crippen molar-refractivity contribution in [3.8, 4) is 0 Å². The quantitative estimate of drug-likeness (QED) is 0.623. The summed E-state index contributed by atoms with van der Waals surface area (Å²) in [5.41, 5.74) is 0.462. The summed E-state index contributed by atoms with van der Waals surface area (Å²) in [5, 5.41) is 18.6. The molecule has 0 aliphatic heterocycles. The van der Waals surface area contributed by atoms with Gasteiger partial charge in [-0.15, -0.1) is 5.10 Å². The van der Waals surface area contributed by atoms with Gasteiger partial charge in [-0.1, -0.05) is 5.21 Å². The number of hydrogen-bond donors (Lipinski definition) is 2. The lowest BCUT2D eigenvalue weighted by Gasteiger charge is -1.99. The van der Waals surface area contributed by atoms with E-state index in [1.165, 1.54) is 10.9 Å². The minimum absolute atomic E-state index is 0.114. The topological polar surface area (TPSA) is 80.0 Å². The number of aliphatic hydroxyl groups excluding tert-OH is 1. The first-order valence-corrected chi connectivity index (χ1v) is 4.02. The summed E-state index contributed by atoms with van der Waals surface area (Å²) in [6, 6.07) is 0. The molecule has 0 radical (unpaired) electrons. The van der Waals surface area contributed by atoms with Crippen LogP contribution in [0.3, 0.4) is 0 Å². The van der Waals surface area contributed by atoms with Crippen LogP contribution >= 0.6 is 0 Å². The molecule has 1 aromatic rings. The maximum Gasteiger partial charge on any atom is 0.241 e. The van der Waals surface area contributed by atoms with Crippen molar-refractivity contribution >= 4 is 5.91 Å². The van der Waals surface area contributed by atoms with E-state index in [4.69, 9.17) is 5.11 Å². The van der Waals surface area contributed by atoms with E-state index in [9.17, 15) is 4.79 Å². The number of carbonyl (C=O) groups is 1. The van der Waals surface area contributed by atoms with E-state index < -0.39 is 0 Å². The first kappa shape index (κ1) is 9.66. The molecular formula is C7H12N4O2. The lowest BCUT2D eigenvalue weighted by atomic mass is 10.5. The predicted octanol–water partition coefficient (Wildman–Crippen LogP) is -1.09. The Morgan fingerprint density at radius 3 is 3.08 bits per heavy atom. The fraction of sp³-hybridized carbons (Fsp3) is 0.571. The smallest absolute Gasteiger partial charge is 0.241 e. The third-order valence-electron chi connectivity index (χ3n) is 1.43. The molecular weight excluding hydrogens is 172 g/mol. The zero-order valence-corrected chi connectivity index (χ0v) is 7.40. The minimum Gasteiger partial charge on any atom is -0.390 e. The van der Waals surface area contributed by atoms with Crippen molar-refractivity contribution in [3.63, 3.8) is 0 Å². The number of nitrogens with one attached hydrogen (secondary N) is 1. The molecule has 0 spiro atoms. The average molecular weight is 184 g/mol. The van der Waals surface area contributed by atoms with Crippen molar-refractivity contribution in [1.82, 2.24) is 20.3 Å². The minimum atomic E-state index is -0.157. The van der Waals surface area contributed by atoms with Crippen molar-refractivity contribution in [1.29, 1.82) is 0 Å². The van der Waals surface area contributed by atoms with Crippen molar-refractivity contribution in [2.75, 3.05) is 6.54 Å². The first-order chi connectivity index (χ1) is 6.26. The fourth-order valence-electron chi connectivity index (χ4n) is 0.888. The molecule has 0 saturated heterocycles. The number of rotatable bonds is 4. The normalized spacial score (nSPS) is 10.0. The highest BCUT2D eigenvalue weighted by atomic mass is 16.3. The van der Waals surface area contributed by atoms with Crippen molar-refractivity contribution < 1.29 is 9.90 Å². The molecule has 6 heteroatoms. The van der Waals surface area contributed by atoms with E-state index in [0.29, 0.717) is 12.2 Å². The average Bonchev–Trinajstić information content (AvgIpc) is 2.52. The Kier molecular flexibility index (Phi) is 3.39. The number of carbonyl (C=O) groups excluding carboxylic acids is 1. The van der Waals surface area contributed by atoms with E-state index in [0.717, 1.165) is 0 Å². The van der Waals surface area contributed by atoms with Crippen molar-refractivity contribution in [2.24, 2.45) is 0 Å².